The van der Waals surface area contributed by atoms with Gasteiger partial charge in [-0.25, -0.2) is 4.98 Å². The van der Waals surface area contributed by atoms with E-state index in [-0.39, 0.29) is 41.0 Å². The van der Waals surface area contributed by atoms with Gasteiger partial charge < -0.3 is 25.6 Å². The maximum absolute atomic E-state index is 12.9. The summed E-state index contributed by atoms with van der Waals surface area (Å²) in [6.45, 7) is 2.75. The van der Waals surface area contributed by atoms with E-state index in [1.54, 1.807) is 18.3 Å². The van der Waals surface area contributed by atoms with Gasteiger partial charge in [0, 0.05) is 24.6 Å². The molecule has 1 saturated carbocycles. The molecule has 1 aliphatic heterocycles. The number of amides is 3. The molecule has 3 amide bonds. The zero-order valence-corrected chi connectivity index (χ0v) is 22.7. The third-order valence-corrected chi connectivity index (χ3v) is 7.57. The average molecular weight is 551 g/mol. The van der Waals surface area contributed by atoms with Gasteiger partial charge in [-0.05, 0) is 38.3 Å². The number of rotatable bonds is 9. The number of nitrogens with zero attached hydrogens (tertiary/aromatic N) is 4. The first-order valence-corrected chi connectivity index (χ1v) is 13.4. The van der Waals surface area contributed by atoms with Crippen LogP contribution in [0.2, 0.25) is 0 Å². The Labute approximate surface area is 239 Å². The molecule has 40 heavy (non-hydrogen) atoms. The third-order valence-electron chi connectivity index (χ3n) is 6.55. The summed E-state index contributed by atoms with van der Waals surface area (Å²) in [6.07, 6.45) is 4.16. The number of hydrogen-bond donors (Lipinski definition) is 3. The fourth-order valence-corrected chi connectivity index (χ4v) is 5.07. The summed E-state index contributed by atoms with van der Waals surface area (Å²) in [5.74, 6) is -0.528. The van der Waals surface area contributed by atoms with E-state index in [0.717, 1.165) is 25.8 Å². The Morgan fingerprint density at radius 3 is 2.52 bits per heavy atom. The van der Waals surface area contributed by atoms with Crippen molar-refractivity contribution < 1.29 is 19.1 Å². The van der Waals surface area contributed by atoms with E-state index in [9.17, 15) is 14.4 Å². The molecule has 0 bridgehead atoms. The normalized spacial score (nSPS) is 16.6. The number of thiazole rings is 1. The second kappa shape index (κ2) is 11.0. The molecule has 198 valence electrons. The minimum Gasteiger partial charge on any atom is -0.494 e. The van der Waals surface area contributed by atoms with Crippen molar-refractivity contribution in [3.05, 3.63) is 41.0 Å². The minimum atomic E-state index is -2.00. The zero-order valence-electron chi connectivity index (χ0n) is 21.9. The maximum Gasteiger partial charge on any atom is 0.272 e. The van der Waals surface area contributed by atoms with Gasteiger partial charge in [0.05, 0.1) is 53.8 Å². The van der Waals surface area contributed by atoms with E-state index in [0.29, 0.717) is 26.9 Å². The van der Waals surface area contributed by atoms with Crippen LogP contribution < -0.4 is 20.7 Å². The number of para-hydroxylation sites is 1. The molecule has 5 rings (SSSR count). The van der Waals surface area contributed by atoms with Crippen molar-refractivity contribution in [2.75, 3.05) is 24.3 Å². The number of carbonyl (C=O) groups excluding carboxylic acids is 3. The Morgan fingerprint density at radius 1 is 1.12 bits per heavy atom. The van der Waals surface area contributed by atoms with Crippen molar-refractivity contribution >= 4 is 69.8 Å². The second-order valence-corrected chi connectivity index (χ2v) is 10.9. The lowest BCUT2D eigenvalue weighted by molar-refractivity contribution is -0.117. The second-order valence-electron chi connectivity index (χ2n) is 9.82. The molecule has 3 aromatic rings. The Bertz CT molecular complexity index is 1470. The molecule has 1 atom stereocenters. The van der Waals surface area contributed by atoms with Crippen LogP contribution in [0.1, 0.15) is 46.3 Å². The van der Waals surface area contributed by atoms with Crippen molar-refractivity contribution in [2.24, 2.45) is 5.92 Å². The summed E-state index contributed by atoms with van der Waals surface area (Å²) in [5.41, 5.74) is 1.10. The molecule has 1 aromatic carbocycles. The van der Waals surface area contributed by atoms with Crippen LogP contribution in [-0.2, 0) is 4.79 Å². The Hall–Kier alpha value is -3.87. The van der Waals surface area contributed by atoms with Crippen LogP contribution in [0.15, 0.2) is 30.5 Å². The number of likely N-dealkylation sites (tertiary alicyclic amines) is 1. The number of hydrogen-bond acceptors (Lipinski definition) is 9. The van der Waals surface area contributed by atoms with Gasteiger partial charge in [-0.15, -0.1) is 21.5 Å². The molecule has 2 aliphatic rings. The predicted octanol–water partition coefficient (Wildman–Crippen LogP) is 1.78. The number of aromatic nitrogens is 3. The number of nitrogens with one attached hydrogen (secondary N) is 3. The molecule has 2 fully saturated rings. The van der Waals surface area contributed by atoms with Crippen molar-refractivity contribution in [3.63, 3.8) is 0 Å². The monoisotopic (exact) mass is 551 g/mol. The molecule has 1 unspecified atom stereocenters. The third kappa shape index (κ3) is 5.98. The average Bonchev–Trinajstić information content (AvgIpc) is 3.63. The van der Waals surface area contributed by atoms with Crippen LogP contribution in [0.25, 0.3) is 10.6 Å². The molecule has 3 N–H and O–H groups in total. The van der Waals surface area contributed by atoms with Gasteiger partial charge in [0.25, 0.3) is 11.8 Å². The summed E-state index contributed by atoms with van der Waals surface area (Å²) in [5, 5.41) is 14.6. The number of methoxy groups -OCH3 is 1. The lowest BCUT2D eigenvalue weighted by atomic mass is 9.49. The van der Waals surface area contributed by atoms with Crippen molar-refractivity contribution in [1.29, 1.82) is 0 Å². The van der Waals surface area contributed by atoms with Gasteiger partial charge in [0.2, 0.25) is 5.91 Å². The number of carbonyl (C=O) groups is 3. The van der Waals surface area contributed by atoms with E-state index in [4.69, 9.17) is 28.3 Å². The summed E-state index contributed by atoms with van der Waals surface area (Å²) in [4.78, 5) is 44.9. The topological polar surface area (TPSA) is 138 Å². The van der Waals surface area contributed by atoms with Gasteiger partial charge in [-0.3, -0.25) is 14.4 Å². The largest absolute Gasteiger partial charge is 0.494 e. The van der Waals surface area contributed by atoms with Crippen LogP contribution in [0, 0.1) is 5.92 Å². The standard InChI is InChI=1S/C25H24B3N7O4S/c1-12-8-9-35(12)24(38)17-11-29-23(40-17)14-4-3-5-15(20(14)39-2)30-16-10-18(31-21(36)13-6-7-13)33-34-19(16)22(37)32-25(26,27)28/h3-5,10-13H,6-9H2,1-2H3,(H,32,37)(H2,30,31,33,36). The summed E-state index contributed by atoms with van der Waals surface area (Å²) >= 11 is 1.26. The van der Waals surface area contributed by atoms with Gasteiger partial charge in [0.15, 0.2) is 17.3 Å². The highest BCUT2D eigenvalue weighted by Crippen LogP contribution is 2.40. The Morgan fingerprint density at radius 2 is 1.90 bits per heavy atom. The Kier molecular flexibility index (Phi) is 7.58. The fraction of sp³-hybridized carbons (Fsp3) is 0.360. The van der Waals surface area contributed by atoms with E-state index >= 15 is 0 Å². The van der Waals surface area contributed by atoms with Gasteiger partial charge in [0.1, 0.15) is 9.88 Å². The summed E-state index contributed by atoms with van der Waals surface area (Å²) in [7, 11) is 18.1. The van der Waals surface area contributed by atoms with E-state index in [1.165, 1.54) is 24.5 Å². The minimum absolute atomic E-state index is 0.0502. The van der Waals surface area contributed by atoms with Crippen molar-refractivity contribution in [2.45, 2.75) is 37.5 Å². The maximum atomic E-state index is 12.9. The molecule has 1 saturated heterocycles. The van der Waals surface area contributed by atoms with Crippen molar-refractivity contribution in [1.82, 2.24) is 25.4 Å². The predicted molar refractivity (Wildman–Crippen MR) is 153 cm³/mol. The summed E-state index contributed by atoms with van der Waals surface area (Å²) in [6, 6.07) is 6.99. The van der Waals surface area contributed by atoms with Gasteiger partial charge in [-0.2, -0.15) is 0 Å². The molecule has 2 aromatic heterocycles. The van der Waals surface area contributed by atoms with Crippen LogP contribution in [0.3, 0.4) is 0 Å². The molecule has 15 heteroatoms. The number of ether oxygens (including phenoxy) is 1. The van der Waals surface area contributed by atoms with Crippen LogP contribution in [-0.4, -0.2) is 86.3 Å². The van der Waals surface area contributed by atoms with E-state index in [1.807, 2.05) is 17.9 Å². The molecule has 3 heterocycles. The molecule has 6 radical (unpaired) electrons. The van der Waals surface area contributed by atoms with Crippen LogP contribution in [0.5, 0.6) is 5.75 Å². The Balaban J connectivity index is 1.47. The highest BCUT2D eigenvalue weighted by Gasteiger charge is 2.31. The first kappa shape index (κ1) is 27.7. The molecule has 11 nitrogen and oxygen atoms in total. The zero-order chi connectivity index (χ0) is 28.6. The quantitative estimate of drug-likeness (QED) is 0.343. The summed E-state index contributed by atoms with van der Waals surface area (Å²) < 4.78 is 5.73. The highest BCUT2D eigenvalue weighted by molar-refractivity contribution is 7.17. The smallest absolute Gasteiger partial charge is 0.272 e. The molecule has 0 spiro atoms. The lowest BCUT2D eigenvalue weighted by Gasteiger charge is -2.38. The van der Waals surface area contributed by atoms with Gasteiger partial charge in [-0.1, -0.05) is 11.3 Å². The molecular formula is C25H24B3N7O4S. The molecule has 1 aliphatic carbocycles. The lowest BCUT2D eigenvalue weighted by Crippen LogP contribution is -2.50. The number of benzene rings is 1. The molecular weight excluding hydrogens is 527 g/mol. The van der Waals surface area contributed by atoms with Crippen molar-refractivity contribution in [3.8, 4) is 16.3 Å². The number of anilines is 3. The van der Waals surface area contributed by atoms with E-state index in [2.05, 4.69) is 31.1 Å². The SMILES string of the molecule is [B]C([B])([B])NC(=O)c1nnc(NC(=O)C2CC2)cc1Nc1cccc(-c2ncc(C(=O)N3CCC3C)s2)c1OC. The van der Waals surface area contributed by atoms with Gasteiger partial charge >= 0.3 is 0 Å². The van der Waals surface area contributed by atoms with Crippen LogP contribution in [0.4, 0.5) is 17.2 Å². The first-order chi connectivity index (χ1) is 19.0. The highest BCUT2D eigenvalue weighted by atomic mass is 32.1. The van der Waals surface area contributed by atoms with Crippen LogP contribution >= 0.6 is 11.3 Å². The fourth-order valence-electron chi connectivity index (χ4n) is 4.17. The first-order valence-electron chi connectivity index (χ1n) is 12.6. The van der Waals surface area contributed by atoms with E-state index < -0.39 is 11.1 Å².